The molecule has 0 aliphatic carbocycles. The number of hydrogen-bond donors (Lipinski definition) is 1. The van der Waals surface area contributed by atoms with E-state index in [1.54, 1.807) is 12.2 Å². The van der Waals surface area contributed by atoms with Crippen LogP contribution in [0.25, 0.3) is 0 Å². The van der Waals surface area contributed by atoms with E-state index in [-0.39, 0.29) is 0 Å². The first-order valence-corrected chi connectivity index (χ1v) is 2.53. The molecule has 0 aliphatic rings. The van der Waals surface area contributed by atoms with Gasteiger partial charge in [-0.2, -0.15) is 0 Å². The Bertz CT molecular complexity index is 147. The van der Waals surface area contributed by atoms with Crippen LogP contribution in [0.4, 0.5) is 0 Å². The minimum atomic E-state index is 0.414. The van der Waals surface area contributed by atoms with E-state index in [1.807, 2.05) is 0 Å². The summed E-state index contributed by atoms with van der Waals surface area (Å²) in [6.45, 7) is 6.96. The van der Waals surface area contributed by atoms with E-state index in [0.717, 1.165) is 0 Å². The number of nitrogens with two attached hydrogens (primary N) is 1. The first-order chi connectivity index (χ1) is 4.22. The molecule has 0 aliphatic heterocycles. The molecule has 2 nitrogen and oxygen atoms in total. The smallest absolute Gasteiger partial charge is 0.141 e. The second kappa shape index (κ2) is 3.78. The maximum absolute atomic E-state index is 5.30. The highest BCUT2D eigenvalue weighted by Crippen LogP contribution is 2.00. The average Bonchev–Trinajstić information content (AvgIpc) is 1.82. The van der Waals surface area contributed by atoms with Crippen molar-refractivity contribution in [3.8, 4) is 0 Å². The van der Waals surface area contributed by atoms with Crippen molar-refractivity contribution in [2.75, 3.05) is 7.11 Å². The van der Waals surface area contributed by atoms with Crippen LogP contribution in [0, 0.1) is 0 Å². The first kappa shape index (κ1) is 7.82. The zero-order valence-corrected chi connectivity index (χ0v) is 5.55. The van der Waals surface area contributed by atoms with Gasteiger partial charge in [-0.05, 0) is 6.08 Å². The summed E-state index contributed by atoms with van der Waals surface area (Å²) in [5.74, 6) is 0.560. The maximum Gasteiger partial charge on any atom is 0.141 e. The van der Waals surface area contributed by atoms with Gasteiger partial charge in [-0.15, -0.1) is 0 Å². The first-order valence-electron chi connectivity index (χ1n) is 2.53. The SMILES string of the molecule is C=C/C=C(/OC)C(=C)N. The van der Waals surface area contributed by atoms with E-state index >= 15 is 0 Å². The lowest BCUT2D eigenvalue weighted by Gasteiger charge is -2.01. The zero-order valence-electron chi connectivity index (χ0n) is 5.55. The molecule has 0 bridgehead atoms. The van der Waals surface area contributed by atoms with Crippen molar-refractivity contribution in [1.82, 2.24) is 0 Å². The van der Waals surface area contributed by atoms with Gasteiger partial charge in [0.1, 0.15) is 5.76 Å². The van der Waals surface area contributed by atoms with Gasteiger partial charge in [-0.3, -0.25) is 0 Å². The van der Waals surface area contributed by atoms with Crippen LogP contribution < -0.4 is 5.73 Å². The van der Waals surface area contributed by atoms with Gasteiger partial charge in [0.25, 0.3) is 0 Å². The standard InChI is InChI=1S/C7H11NO/c1-4-5-7(9-3)6(2)8/h4-5H,1-2,8H2,3H3/b7-5+. The summed E-state index contributed by atoms with van der Waals surface area (Å²) < 4.78 is 4.82. The van der Waals surface area contributed by atoms with Crippen LogP contribution >= 0.6 is 0 Å². The van der Waals surface area contributed by atoms with Gasteiger partial charge in [0, 0.05) is 0 Å². The van der Waals surface area contributed by atoms with Gasteiger partial charge in [0.15, 0.2) is 0 Å². The Balaban J connectivity index is 4.14. The Morgan fingerprint density at radius 3 is 2.33 bits per heavy atom. The highest BCUT2D eigenvalue weighted by molar-refractivity contribution is 5.22. The predicted octanol–water partition coefficient (Wildman–Crippen LogP) is 1.18. The summed E-state index contributed by atoms with van der Waals surface area (Å²) in [4.78, 5) is 0. The lowest BCUT2D eigenvalue weighted by atomic mass is 10.4. The molecule has 2 N–H and O–H groups in total. The second-order valence-electron chi connectivity index (χ2n) is 1.50. The van der Waals surface area contributed by atoms with Gasteiger partial charge >= 0.3 is 0 Å². The van der Waals surface area contributed by atoms with Crippen LogP contribution in [0.15, 0.2) is 36.8 Å². The minimum absolute atomic E-state index is 0.414. The largest absolute Gasteiger partial charge is 0.495 e. The summed E-state index contributed by atoms with van der Waals surface area (Å²) in [5.41, 5.74) is 5.71. The molecular weight excluding hydrogens is 114 g/mol. The number of allylic oxidation sites excluding steroid dienone is 2. The summed E-state index contributed by atoms with van der Waals surface area (Å²) in [6, 6.07) is 0. The van der Waals surface area contributed by atoms with Gasteiger partial charge in [0.05, 0.1) is 12.8 Å². The quantitative estimate of drug-likeness (QED) is 0.454. The van der Waals surface area contributed by atoms with Crippen molar-refractivity contribution >= 4 is 0 Å². The molecule has 0 atom stereocenters. The molecule has 0 radical (unpaired) electrons. The lowest BCUT2D eigenvalue weighted by molar-refractivity contribution is 0.300. The predicted molar refractivity (Wildman–Crippen MR) is 38.6 cm³/mol. The third-order valence-electron chi connectivity index (χ3n) is 0.806. The van der Waals surface area contributed by atoms with Crippen molar-refractivity contribution in [3.63, 3.8) is 0 Å². The molecule has 0 aromatic rings. The van der Waals surface area contributed by atoms with Crippen molar-refractivity contribution in [1.29, 1.82) is 0 Å². The van der Waals surface area contributed by atoms with Crippen LogP contribution in [-0.2, 0) is 4.74 Å². The molecule has 0 amide bonds. The van der Waals surface area contributed by atoms with E-state index in [0.29, 0.717) is 11.5 Å². The normalized spacial score (nSPS) is 10.6. The number of ether oxygens (including phenoxy) is 1. The fourth-order valence-corrected chi connectivity index (χ4v) is 0.413. The molecule has 0 aromatic carbocycles. The van der Waals surface area contributed by atoms with Crippen LogP contribution in [0.2, 0.25) is 0 Å². The zero-order chi connectivity index (χ0) is 7.28. The number of methoxy groups -OCH3 is 1. The molecule has 0 spiro atoms. The van der Waals surface area contributed by atoms with E-state index in [9.17, 15) is 0 Å². The monoisotopic (exact) mass is 125 g/mol. The Morgan fingerprint density at radius 2 is 2.22 bits per heavy atom. The Labute approximate surface area is 55.3 Å². The molecule has 2 heteroatoms. The van der Waals surface area contributed by atoms with Crippen LogP contribution in [0.1, 0.15) is 0 Å². The van der Waals surface area contributed by atoms with E-state index in [4.69, 9.17) is 10.5 Å². The molecule has 0 aromatic heterocycles. The van der Waals surface area contributed by atoms with Gasteiger partial charge in [-0.1, -0.05) is 19.2 Å². The fourth-order valence-electron chi connectivity index (χ4n) is 0.413. The lowest BCUT2D eigenvalue weighted by Crippen LogP contribution is -2.00. The van der Waals surface area contributed by atoms with E-state index in [1.165, 1.54) is 7.11 Å². The summed E-state index contributed by atoms with van der Waals surface area (Å²) in [5, 5.41) is 0. The Morgan fingerprint density at radius 1 is 1.67 bits per heavy atom. The van der Waals surface area contributed by atoms with Crippen molar-refractivity contribution in [2.45, 2.75) is 0 Å². The van der Waals surface area contributed by atoms with Crippen LogP contribution in [0.5, 0.6) is 0 Å². The summed E-state index contributed by atoms with van der Waals surface area (Å²) >= 11 is 0. The summed E-state index contributed by atoms with van der Waals surface area (Å²) in [7, 11) is 1.54. The molecule has 0 saturated carbocycles. The van der Waals surface area contributed by atoms with Gasteiger partial charge in [0.2, 0.25) is 0 Å². The van der Waals surface area contributed by atoms with Crippen LogP contribution in [0.3, 0.4) is 0 Å². The Kier molecular flexibility index (Phi) is 3.28. The maximum atomic E-state index is 5.30. The average molecular weight is 125 g/mol. The molecule has 0 saturated heterocycles. The molecule has 0 fully saturated rings. The third kappa shape index (κ3) is 2.59. The van der Waals surface area contributed by atoms with Gasteiger partial charge < -0.3 is 10.5 Å². The number of rotatable bonds is 3. The molecule has 9 heavy (non-hydrogen) atoms. The van der Waals surface area contributed by atoms with Crippen molar-refractivity contribution < 1.29 is 4.74 Å². The fraction of sp³-hybridized carbons (Fsp3) is 0.143. The number of hydrogen-bond acceptors (Lipinski definition) is 2. The second-order valence-corrected chi connectivity index (χ2v) is 1.50. The Hall–Kier alpha value is -1.18. The molecule has 0 rings (SSSR count). The van der Waals surface area contributed by atoms with Crippen molar-refractivity contribution in [2.24, 2.45) is 5.73 Å². The van der Waals surface area contributed by atoms with Crippen molar-refractivity contribution in [3.05, 3.63) is 36.8 Å². The molecule has 50 valence electrons. The molecule has 0 heterocycles. The third-order valence-corrected chi connectivity index (χ3v) is 0.806. The van der Waals surface area contributed by atoms with E-state index in [2.05, 4.69) is 13.2 Å². The van der Waals surface area contributed by atoms with E-state index < -0.39 is 0 Å². The minimum Gasteiger partial charge on any atom is -0.495 e. The highest BCUT2D eigenvalue weighted by Gasteiger charge is 1.91. The highest BCUT2D eigenvalue weighted by atomic mass is 16.5. The topological polar surface area (TPSA) is 35.2 Å². The summed E-state index contributed by atoms with van der Waals surface area (Å²) in [6.07, 6.45) is 3.25. The van der Waals surface area contributed by atoms with Crippen LogP contribution in [-0.4, -0.2) is 7.11 Å². The molecule has 0 unspecified atom stereocenters. The molecular formula is C7H11NO. The van der Waals surface area contributed by atoms with Gasteiger partial charge in [-0.25, -0.2) is 0 Å².